The minimum atomic E-state index is -4.83. The number of ether oxygens (including phenoxy) is 1. The molecule has 0 saturated carbocycles. The summed E-state index contributed by atoms with van der Waals surface area (Å²) in [5.74, 6) is -2.36. The van der Waals surface area contributed by atoms with E-state index in [-0.39, 0.29) is 6.42 Å². The lowest BCUT2D eigenvalue weighted by molar-refractivity contribution is -0.241. The van der Waals surface area contributed by atoms with Gasteiger partial charge in [-0.05, 0) is 6.42 Å². The lowest BCUT2D eigenvalue weighted by Crippen LogP contribution is -2.61. The van der Waals surface area contributed by atoms with Gasteiger partial charge in [0.1, 0.15) is 24.4 Å². The van der Waals surface area contributed by atoms with Crippen molar-refractivity contribution in [2.45, 2.75) is 63.1 Å². The first-order valence-corrected chi connectivity index (χ1v) is 9.24. The second-order valence-corrected chi connectivity index (χ2v) is 7.08. The molecule has 1 fully saturated rings. The summed E-state index contributed by atoms with van der Waals surface area (Å²) in [5, 5.41) is 39.1. The summed E-state index contributed by atoms with van der Waals surface area (Å²) >= 11 is 0. The van der Waals surface area contributed by atoms with Crippen LogP contribution in [-0.2, 0) is 18.6 Å². The molecular weight excluding hydrogens is 347 g/mol. The second-order valence-electron chi connectivity index (χ2n) is 5.84. The van der Waals surface area contributed by atoms with Crippen LogP contribution in [0.25, 0.3) is 0 Å². The first kappa shape index (κ1) is 21.5. The quantitative estimate of drug-likeness (QED) is 0.223. The summed E-state index contributed by atoms with van der Waals surface area (Å²) in [6.07, 6.45) is -5.34. The van der Waals surface area contributed by atoms with Crippen LogP contribution in [0, 0.1) is 5.92 Å². The van der Waals surface area contributed by atoms with Gasteiger partial charge in [-0.15, -0.1) is 0 Å². The number of carbonyl (C=O) groups is 1. The minimum Gasteiger partial charge on any atom is -0.481 e. The Morgan fingerprint density at radius 1 is 1.17 bits per heavy atom. The van der Waals surface area contributed by atoms with Crippen LogP contribution < -0.4 is 0 Å². The monoisotopic (exact) mass is 372 g/mol. The molecule has 1 aliphatic rings. The van der Waals surface area contributed by atoms with Crippen LogP contribution in [0.5, 0.6) is 0 Å². The van der Waals surface area contributed by atoms with Crippen molar-refractivity contribution in [1.29, 1.82) is 0 Å². The summed E-state index contributed by atoms with van der Waals surface area (Å²) in [4.78, 5) is 28.9. The van der Waals surface area contributed by atoms with Crippen molar-refractivity contribution < 1.29 is 48.8 Å². The maximum absolute atomic E-state index is 11.5. The largest absolute Gasteiger partial charge is 0.481 e. The topological polar surface area (TPSA) is 174 Å². The summed E-state index contributed by atoms with van der Waals surface area (Å²) in [5.41, 5.74) is 0. The van der Waals surface area contributed by atoms with Crippen molar-refractivity contribution in [3.63, 3.8) is 0 Å². The lowest BCUT2D eigenvalue weighted by Gasteiger charge is -2.42. The molecule has 0 amide bonds. The first-order chi connectivity index (χ1) is 11.1. The second kappa shape index (κ2) is 9.21. The van der Waals surface area contributed by atoms with Crippen LogP contribution in [0.1, 0.15) is 32.6 Å². The van der Waals surface area contributed by atoms with E-state index < -0.39 is 56.8 Å². The molecule has 0 radical (unpaired) electrons. The Labute approximate surface area is 139 Å². The SMILES string of the molecule is CCCCCC(C(=O)O)C1OC(COP(=O)(O)O)C(O)C(O)C1O. The van der Waals surface area contributed by atoms with Gasteiger partial charge < -0.3 is 34.9 Å². The van der Waals surface area contributed by atoms with Gasteiger partial charge in [-0.3, -0.25) is 9.32 Å². The molecule has 0 bridgehead atoms. The van der Waals surface area contributed by atoms with Crippen LogP contribution in [0.2, 0.25) is 0 Å². The zero-order valence-electron chi connectivity index (χ0n) is 13.3. The van der Waals surface area contributed by atoms with Gasteiger partial charge >= 0.3 is 13.8 Å². The molecule has 0 aromatic rings. The van der Waals surface area contributed by atoms with Gasteiger partial charge in [-0.2, -0.15) is 0 Å². The third-order valence-corrected chi connectivity index (χ3v) is 4.47. The minimum absolute atomic E-state index is 0.194. The fraction of sp³-hybridized carbons (Fsp3) is 0.923. The first-order valence-electron chi connectivity index (χ1n) is 7.71. The van der Waals surface area contributed by atoms with Crippen LogP contribution in [0.3, 0.4) is 0 Å². The van der Waals surface area contributed by atoms with Gasteiger partial charge in [0.2, 0.25) is 0 Å². The molecule has 0 aromatic heterocycles. The zero-order valence-corrected chi connectivity index (χ0v) is 14.2. The van der Waals surface area contributed by atoms with Gasteiger partial charge in [0, 0.05) is 0 Å². The van der Waals surface area contributed by atoms with E-state index in [1.165, 1.54) is 0 Å². The normalized spacial score (nSPS) is 32.5. The van der Waals surface area contributed by atoms with E-state index in [2.05, 4.69) is 4.52 Å². The highest BCUT2D eigenvalue weighted by Gasteiger charge is 2.48. The highest BCUT2D eigenvalue weighted by molar-refractivity contribution is 7.46. The maximum Gasteiger partial charge on any atom is 0.469 e. The number of aliphatic hydroxyl groups is 3. The summed E-state index contributed by atoms with van der Waals surface area (Å²) < 4.78 is 20.3. The van der Waals surface area contributed by atoms with Gasteiger partial charge in [0.15, 0.2) is 0 Å². The Morgan fingerprint density at radius 3 is 2.29 bits per heavy atom. The lowest BCUT2D eigenvalue weighted by atomic mass is 9.85. The molecule has 1 rings (SSSR count). The fourth-order valence-corrected chi connectivity index (χ4v) is 3.00. The van der Waals surface area contributed by atoms with E-state index in [4.69, 9.17) is 14.5 Å². The van der Waals surface area contributed by atoms with Crippen molar-refractivity contribution in [2.24, 2.45) is 5.92 Å². The van der Waals surface area contributed by atoms with Crippen LogP contribution in [0.4, 0.5) is 0 Å². The van der Waals surface area contributed by atoms with Crippen molar-refractivity contribution in [2.75, 3.05) is 6.61 Å². The number of hydrogen-bond donors (Lipinski definition) is 6. The van der Waals surface area contributed by atoms with Crippen molar-refractivity contribution in [3.8, 4) is 0 Å². The Balaban J connectivity index is 2.86. The molecule has 0 spiro atoms. The highest BCUT2D eigenvalue weighted by atomic mass is 31.2. The molecular formula is C13H25O10P. The number of rotatable bonds is 9. The number of carboxylic acid groups (broad SMARTS) is 1. The standard InChI is InChI=1S/C13H25O10P/c1-2-3-4-5-7(13(17)18)12-11(16)10(15)9(14)8(23-12)6-22-24(19,20)21/h7-12,14-16H,2-6H2,1H3,(H,17,18)(H2,19,20,21). The van der Waals surface area contributed by atoms with E-state index in [1.54, 1.807) is 0 Å². The summed E-state index contributed by atoms with van der Waals surface area (Å²) in [6.45, 7) is 1.18. The smallest absolute Gasteiger partial charge is 0.469 e. The van der Waals surface area contributed by atoms with E-state index in [9.17, 15) is 29.8 Å². The maximum atomic E-state index is 11.5. The number of hydrogen-bond acceptors (Lipinski definition) is 7. The number of aliphatic carboxylic acids is 1. The van der Waals surface area contributed by atoms with Crippen LogP contribution in [-0.4, -0.2) is 73.3 Å². The highest BCUT2D eigenvalue weighted by Crippen LogP contribution is 2.37. The van der Waals surface area contributed by atoms with E-state index in [0.717, 1.165) is 12.8 Å². The van der Waals surface area contributed by atoms with Crippen LogP contribution in [0.15, 0.2) is 0 Å². The summed E-state index contributed by atoms with van der Waals surface area (Å²) in [6, 6.07) is 0. The number of phosphoric acid groups is 1. The van der Waals surface area contributed by atoms with E-state index >= 15 is 0 Å². The predicted octanol–water partition coefficient (Wildman–Crippen LogP) is -0.773. The predicted molar refractivity (Wildman–Crippen MR) is 79.9 cm³/mol. The molecule has 6 atom stereocenters. The zero-order chi connectivity index (χ0) is 18.5. The van der Waals surface area contributed by atoms with E-state index in [1.807, 2.05) is 6.92 Å². The van der Waals surface area contributed by atoms with Gasteiger partial charge in [-0.1, -0.05) is 26.2 Å². The number of phosphoric ester groups is 1. The van der Waals surface area contributed by atoms with E-state index in [0.29, 0.717) is 6.42 Å². The molecule has 6 unspecified atom stereocenters. The molecule has 1 saturated heterocycles. The van der Waals surface area contributed by atoms with Crippen molar-refractivity contribution >= 4 is 13.8 Å². The average molecular weight is 372 g/mol. The Hall–Kier alpha value is -0.580. The molecule has 24 heavy (non-hydrogen) atoms. The molecule has 142 valence electrons. The van der Waals surface area contributed by atoms with Gasteiger partial charge in [0.25, 0.3) is 0 Å². The van der Waals surface area contributed by atoms with Crippen molar-refractivity contribution in [1.82, 2.24) is 0 Å². The summed E-state index contributed by atoms with van der Waals surface area (Å²) in [7, 11) is -4.83. The molecule has 1 aliphatic heterocycles. The Morgan fingerprint density at radius 2 is 1.79 bits per heavy atom. The van der Waals surface area contributed by atoms with Gasteiger partial charge in [0.05, 0.1) is 18.6 Å². The van der Waals surface area contributed by atoms with Crippen molar-refractivity contribution in [3.05, 3.63) is 0 Å². The number of unbranched alkanes of at least 4 members (excludes halogenated alkanes) is 2. The fourth-order valence-electron chi connectivity index (χ4n) is 2.66. The Bertz CT molecular complexity index is 452. The molecule has 6 N–H and O–H groups in total. The molecule has 1 heterocycles. The third kappa shape index (κ3) is 6.05. The number of aliphatic hydroxyl groups excluding tert-OH is 3. The average Bonchev–Trinajstić information content (AvgIpc) is 2.48. The van der Waals surface area contributed by atoms with Crippen LogP contribution >= 0.6 is 7.82 Å². The molecule has 0 aromatic carbocycles. The molecule has 10 nitrogen and oxygen atoms in total. The molecule has 0 aliphatic carbocycles. The number of carboxylic acids is 1. The van der Waals surface area contributed by atoms with Gasteiger partial charge in [-0.25, -0.2) is 4.57 Å². The molecule has 11 heteroatoms. The Kier molecular flexibility index (Phi) is 8.24. The third-order valence-electron chi connectivity index (χ3n) is 3.99.